The molecule has 0 N–H and O–H groups in total. The van der Waals surface area contributed by atoms with Crippen LogP contribution in [0, 0.1) is 0 Å². The Kier molecular flexibility index (Phi) is 4.97. The average molecular weight is 367 g/mol. The summed E-state index contributed by atoms with van der Waals surface area (Å²) >= 11 is 0. The molecule has 1 unspecified atom stereocenters. The Morgan fingerprint density at radius 3 is 2.10 bits per heavy atom. The lowest BCUT2D eigenvalue weighted by Crippen LogP contribution is -3.00. The maximum absolute atomic E-state index is 13.3. The molecule has 0 aliphatic heterocycles. The van der Waals surface area contributed by atoms with Crippen molar-refractivity contribution in [1.29, 1.82) is 0 Å². The first kappa shape index (κ1) is 17.5. The quantitative estimate of drug-likeness (QED) is 0.680. The van der Waals surface area contributed by atoms with Crippen molar-refractivity contribution in [3.8, 4) is 0 Å². The van der Waals surface area contributed by atoms with E-state index in [0.717, 1.165) is 10.9 Å². The van der Waals surface area contributed by atoms with Crippen LogP contribution in [0.3, 0.4) is 0 Å². The van der Waals surface area contributed by atoms with Gasteiger partial charge < -0.3 is 17.0 Å². The Bertz CT molecular complexity index is 606. The molecule has 0 radical (unpaired) electrons. The molecule has 112 valence electrons. The van der Waals surface area contributed by atoms with Crippen LogP contribution in [-0.2, 0) is 17.3 Å². The number of rotatable bonds is 1. The molecule has 0 nitrogen and oxygen atoms in total. The van der Waals surface area contributed by atoms with E-state index in [-0.39, 0.29) is 22.4 Å². The van der Waals surface area contributed by atoms with Crippen molar-refractivity contribution >= 4 is 20.6 Å². The average Bonchev–Trinajstić information content (AvgIpc) is 2.64. The second-order valence-corrected chi connectivity index (χ2v) is 7.76. The summed E-state index contributed by atoms with van der Waals surface area (Å²) in [6, 6.07) is 7.21. The normalized spacial score (nSPS) is 13.4. The number of alkyl halides is 3. The largest absolute Gasteiger partial charge is 1.00 e. The molecule has 0 amide bonds. The fourth-order valence-corrected chi connectivity index (χ4v) is 4.16. The highest BCUT2D eigenvalue weighted by molar-refractivity contribution is 7.38. The van der Waals surface area contributed by atoms with E-state index in [4.69, 9.17) is 0 Å². The number of benzene rings is 1. The highest BCUT2D eigenvalue weighted by Gasteiger charge is 2.47. The molecule has 1 aromatic heterocycles. The van der Waals surface area contributed by atoms with Gasteiger partial charge >= 0.3 is 5.51 Å². The Morgan fingerprint density at radius 1 is 1.05 bits per heavy atom. The third-order valence-corrected chi connectivity index (χ3v) is 5.45. The van der Waals surface area contributed by atoms with E-state index in [1.54, 1.807) is 19.1 Å². The molecule has 0 aliphatic carbocycles. The van der Waals surface area contributed by atoms with Gasteiger partial charge in [0.25, 0.3) is 0 Å². The van der Waals surface area contributed by atoms with Gasteiger partial charge in [0.05, 0.1) is 10.5 Å². The first-order valence-electron chi connectivity index (χ1n) is 6.31. The molecule has 2 aromatic rings. The summed E-state index contributed by atoms with van der Waals surface area (Å²) in [5, 5.41) is 0.727. The molecule has 0 saturated carbocycles. The molecule has 5 heteroatoms. The molecule has 1 heterocycles. The third-order valence-electron chi connectivity index (χ3n) is 3.26. The lowest BCUT2D eigenvalue weighted by atomic mass is 9.87. The van der Waals surface area contributed by atoms with E-state index >= 15 is 0 Å². The highest BCUT2D eigenvalue weighted by Crippen LogP contribution is 2.51. The third kappa shape index (κ3) is 3.19. The standard InChI is InChI=1S/C15H18F3S.BrH/c1-5-12-8-10-6-7-11(14(2,3)4)9-13(10)19(12)15(16,17)18;/h6-9H,5H2,1-4H3;1H/q+1;/p-1. The zero-order valence-corrected chi connectivity index (χ0v) is 14.3. The fraction of sp³-hybridized carbons (Fsp3) is 0.467. The summed E-state index contributed by atoms with van der Waals surface area (Å²) < 4.78 is 40.3. The highest BCUT2D eigenvalue weighted by atomic mass is 79.9. The van der Waals surface area contributed by atoms with Gasteiger partial charge in [0, 0.05) is 23.9 Å². The molecule has 20 heavy (non-hydrogen) atoms. The summed E-state index contributed by atoms with van der Waals surface area (Å²) in [4.78, 5) is 0.494. The van der Waals surface area contributed by atoms with E-state index in [1.165, 1.54) is 0 Å². The van der Waals surface area contributed by atoms with Crippen LogP contribution in [0.15, 0.2) is 24.3 Å². The number of hydrogen-bond donors (Lipinski definition) is 0. The lowest BCUT2D eigenvalue weighted by Gasteiger charge is -2.18. The van der Waals surface area contributed by atoms with Crippen molar-refractivity contribution in [3.05, 3.63) is 34.7 Å². The van der Waals surface area contributed by atoms with Crippen molar-refractivity contribution in [2.75, 3.05) is 0 Å². The molecule has 1 atom stereocenters. The Labute approximate surface area is 130 Å². The summed E-state index contributed by atoms with van der Waals surface area (Å²) in [5.41, 5.74) is -3.35. The van der Waals surface area contributed by atoms with E-state index < -0.39 is 16.0 Å². The number of thiophene rings is 1. The first-order valence-corrected chi connectivity index (χ1v) is 7.53. The van der Waals surface area contributed by atoms with E-state index in [0.29, 0.717) is 16.0 Å². The van der Waals surface area contributed by atoms with Crippen molar-refractivity contribution in [2.24, 2.45) is 0 Å². The topological polar surface area (TPSA) is 0 Å². The molecule has 2 rings (SSSR count). The minimum absolute atomic E-state index is 0. The second kappa shape index (κ2) is 5.68. The maximum atomic E-state index is 13.3. The molecular weight excluding hydrogens is 349 g/mol. The van der Waals surface area contributed by atoms with Crippen molar-refractivity contribution in [2.45, 2.75) is 45.0 Å². The minimum Gasteiger partial charge on any atom is -1.00 e. The number of halogens is 4. The van der Waals surface area contributed by atoms with Gasteiger partial charge in [0.2, 0.25) is 0 Å². The van der Waals surface area contributed by atoms with Crippen LogP contribution < -0.4 is 17.0 Å². The van der Waals surface area contributed by atoms with E-state index in [1.807, 2.05) is 32.9 Å². The minimum atomic E-state index is -4.18. The van der Waals surface area contributed by atoms with Crippen molar-refractivity contribution in [1.82, 2.24) is 0 Å². The van der Waals surface area contributed by atoms with Crippen LogP contribution in [0.2, 0.25) is 0 Å². The van der Waals surface area contributed by atoms with Crippen LogP contribution in [-0.4, -0.2) is 0 Å². The molecule has 0 bridgehead atoms. The zero-order chi connectivity index (χ0) is 14.4. The SMILES string of the molecule is CCc1cc2ccc(C(C)(C)C)cc2[s+]1C(F)(F)F.[Br-]. The number of fused-ring (bicyclic) bond motifs is 1. The maximum Gasteiger partial charge on any atom is 0.600 e. The molecule has 0 saturated heterocycles. The predicted molar refractivity (Wildman–Crippen MR) is 75.8 cm³/mol. The molecule has 0 spiro atoms. The van der Waals surface area contributed by atoms with Gasteiger partial charge in [-0.1, -0.05) is 33.8 Å². The van der Waals surface area contributed by atoms with Crippen LogP contribution >= 0.6 is 10.5 Å². The van der Waals surface area contributed by atoms with Crippen molar-refractivity contribution < 1.29 is 30.2 Å². The summed E-state index contributed by atoms with van der Waals surface area (Å²) in [7, 11) is -1.74. The van der Waals surface area contributed by atoms with E-state index in [9.17, 15) is 13.2 Å². The van der Waals surface area contributed by atoms with E-state index in [2.05, 4.69) is 0 Å². The van der Waals surface area contributed by atoms with Gasteiger partial charge in [-0.05, 0) is 17.0 Å². The van der Waals surface area contributed by atoms with Gasteiger partial charge in [0.15, 0.2) is 9.58 Å². The van der Waals surface area contributed by atoms with Gasteiger partial charge in [-0.25, -0.2) is 0 Å². The summed E-state index contributed by atoms with van der Waals surface area (Å²) in [6.07, 6.45) is 0.447. The molecular formula is C15H18BrF3S. The zero-order valence-electron chi connectivity index (χ0n) is 11.9. The molecule has 0 fully saturated rings. The van der Waals surface area contributed by atoms with Crippen LogP contribution in [0.1, 0.15) is 38.1 Å². The Balaban J connectivity index is 0.00000200. The monoisotopic (exact) mass is 366 g/mol. The smallest absolute Gasteiger partial charge is 0.600 e. The van der Waals surface area contributed by atoms with Crippen LogP contribution in [0.4, 0.5) is 13.2 Å². The van der Waals surface area contributed by atoms with Gasteiger partial charge in [-0.2, -0.15) is 0 Å². The Hall–Kier alpha value is -0.550. The van der Waals surface area contributed by atoms with Crippen molar-refractivity contribution in [3.63, 3.8) is 0 Å². The number of hydrogen-bond acceptors (Lipinski definition) is 0. The number of aryl methyl sites for hydroxylation is 1. The molecule has 0 aliphatic rings. The predicted octanol–water partition coefficient (Wildman–Crippen LogP) is 2.93. The van der Waals surface area contributed by atoms with Crippen LogP contribution in [0.5, 0.6) is 0 Å². The summed E-state index contributed by atoms with van der Waals surface area (Å²) in [5.74, 6) is 0. The lowest BCUT2D eigenvalue weighted by molar-refractivity contribution is -0.0867. The van der Waals surface area contributed by atoms with Crippen LogP contribution in [0.25, 0.3) is 10.1 Å². The van der Waals surface area contributed by atoms with Gasteiger partial charge in [0.1, 0.15) is 0 Å². The Morgan fingerprint density at radius 2 is 1.65 bits per heavy atom. The summed E-state index contributed by atoms with van der Waals surface area (Å²) in [6.45, 7) is 7.84. The van der Waals surface area contributed by atoms with Gasteiger partial charge in [-0.3, -0.25) is 0 Å². The fourth-order valence-electron chi connectivity index (χ4n) is 2.19. The first-order chi connectivity index (χ1) is 8.64. The molecule has 1 aromatic carbocycles. The second-order valence-electron chi connectivity index (χ2n) is 5.72. The van der Waals surface area contributed by atoms with Gasteiger partial charge in [-0.15, -0.1) is 13.2 Å².